The predicted molar refractivity (Wildman–Crippen MR) is 191 cm³/mol. The molecule has 256 valence electrons. The van der Waals surface area contributed by atoms with Gasteiger partial charge < -0.3 is 28.9 Å². The fraction of sp³-hybridized carbons (Fsp3) is 0.395. The molecule has 0 fully saturated rings. The molecular weight excluding hydrogens is 625 g/mol. The van der Waals surface area contributed by atoms with Gasteiger partial charge in [-0.1, -0.05) is 69.3 Å². The van der Waals surface area contributed by atoms with Crippen LogP contribution in [-0.2, 0) is 22.2 Å². The third-order valence-electron chi connectivity index (χ3n) is 8.63. The molecule has 0 aliphatic carbocycles. The van der Waals surface area contributed by atoms with Crippen LogP contribution in [0.15, 0.2) is 83.7 Å². The Morgan fingerprint density at radius 1 is 0.875 bits per heavy atom. The summed E-state index contributed by atoms with van der Waals surface area (Å²) in [6, 6.07) is 23.5. The molecule has 1 unspecified atom stereocenters. The Hall–Kier alpha value is -4.41. The van der Waals surface area contributed by atoms with Crippen LogP contribution < -0.4 is 10.3 Å². The van der Waals surface area contributed by atoms with Crippen molar-refractivity contribution >= 4 is 31.3 Å². The van der Waals surface area contributed by atoms with Gasteiger partial charge in [-0.2, -0.15) is 0 Å². The van der Waals surface area contributed by atoms with E-state index < -0.39 is 32.1 Å². The van der Waals surface area contributed by atoms with E-state index in [9.17, 15) is 19.5 Å². The molecule has 3 aromatic carbocycles. The highest BCUT2D eigenvalue weighted by Gasteiger charge is 2.41. The summed E-state index contributed by atoms with van der Waals surface area (Å²) in [6.45, 7) is 17.2. The average Bonchev–Trinajstić information content (AvgIpc) is 3.00. The molecule has 0 aliphatic heterocycles. The molecule has 0 bridgehead atoms. The Labute approximate surface area is 284 Å². The fourth-order valence-corrected chi connectivity index (χ4v) is 6.24. The number of amides is 1. The summed E-state index contributed by atoms with van der Waals surface area (Å²) >= 11 is 0. The number of aromatic amines is 1. The van der Waals surface area contributed by atoms with Gasteiger partial charge in [0.2, 0.25) is 5.56 Å². The number of pyridine rings is 1. The van der Waals surface area contributed by atoms with Crippen molar-refractivity contribution in [1.82, 2.24) is 9.88 Å². The molecule has 2 N–H and O–H groups in total. The van der Waals surface area contributed by atoms with Crippen LogP contribution >= 0.6 is 0 Å². The second-order valence-electron chi connectivity index (χ2n) is 14.6. The van der Waals surface area contributed by atoms with Gasteiger partial charge in [-0.25, -0.2) is 9.59 Å². The lowest BCUT2D eigenvalue weighted by atomic mass is 10.0. The van der Waals surface area contributed by atoms with Gasteiger partial charge in [-0.3, -0.25) is 4.79 Å². The van der Waals surface area contributed by atoms with Gasteiger partial charge >= 0.3 is 12.1 Å². The van der Waals surface area contributed by atoms with Crippen molar-refractivity contribution < 1.29 is 28.6 Å². The number of nitrogens with one attached hydrogen (secondary N) is 1. The zero-order chi connectivity index (χ0) is 35.3. The number of fused-ring (bicyclic) bond motifs is 1. The van der Waals surface area contributed by atoms with Crippen LogP contribution in [0.1, 0.15) is 74.7 Å². The minimum Gasteiger partial charge on any atom is -0.487 e. The number of H-pyrrole nitrogens is 1. The number of benzene rings is 3. The first-order valence-electron chi connectivity index (χ1n) is 16.2. The second-order valence-corrected chi connectivity index (χ2v) is 19.3. The molecule has 0 aliphatic rings. The number of carboxylic acids is 1. The van der Waals surface area contributed by atoms with Crippen molar-refractivity contribution in [2.75, 3.05) is 13.1 Å². The Morgan fingerprint density at radius 2 is 1.54 bits per heavy atom. The van der Waals surface area contributed by atoms with Crippen molar-refractivity contribution in [1.29, 1.82) is 0 Å². The molecule has 1 amide bonds. The molecule has 0 saturated carbocycles. The van der Waals surface area contributed by atoms with Gasteiger partial charge in [0, 0.05) is 18.0 Å². The highest BCUT2D eigenvalue weighted by atomic mass is 28.4. The summed E-state index contributed by atoms with van der Waals surface area (Å²) in [5.41, 5.74) is 2.48. The van der Waals surface area contributed by atoms with Gasteiger partial charge in [0.25, 0.3) is 0 Å². The summed E-state index contributed by atoms with van der Waals surface area (Å²) in [5, 5.41) is 9.95. The topological polar surface area (TPSA) is 118 Å². The number of carbonyl (C=O) groups is 2. The Morgan fingerprint density at radius 3 is 2.15 bits per heavy atom. The summed E-state index contributed by atoms with van der Waals surface area (Å²) in [7, 11) is -2.41. The van der Waals surface area contributed by atoms with Crippen LogP contribution in [0.2, 0.25) is 18.1 Å². The summed E-state index contributed by atoms with van der Waals surface area (Å²) in [4.78, 5) is 42.3. The third kappa shape index (κ3) is 9.57. The second kappa shape index (κ2) is 14.8. The monoisotopic (exact) mass is 672 g/mol. The maximum atomic E-state index is 13.7. The maximum absolute atomic E-state index is 13.7. The first-order valence-corrected chi connectivity index (χ1v) is 19.1. The minimum atomic E-state index is -2.41. The number of aromatic nitrogens is 1. The molecule has 4 rings (SSSR count). The maximum Gasteiger partial charge on any atom is 0.410 e. The number of carbonyl (C=O) groups excluding carboxylic acids is 1. The fourth-order valence-electron chi connectivity index (χ4n) is 4.98. The molecule has 1 heterocycles. The Kier molecular flexibility index (Phi) is 11.2. The number of rotatable bonds is 12. The van der Waals surface area contributed by atoms with Crippen LogP contribution in [0.5, 0.6) is 5.75 Å². The first-order chi connectivity index (χ1) is 22.4. The van der Waals surface area contributed by atoms with Gasteiger partial charge in [0.05, 0.1) is 23.7 Å². The van der Waals surface area contributed by atoms with Crippen LogP contribution in [0, 0.1) is 0 Å². The van der Waals surface area contributed by atoms with Gasteiger partial charge in [0.1, 0.15) is 18.0 Å². The van der Waals surface area contributed by atoms with E-state index in [1.165, 1.54) is 6.07 Å². The molecule has 1 atom stereocenters. The van der Waals surface area contributed by atoms with Crippen LogP contribution in [-0.4, -0.2) is 54.1 Å². The molecule has 0 saturated heterocycles. The standard InChI is InChI=1S/C38H48N2O7Si/c1-37(2,3)46-36(44)40(23-22-26-14-16-28(17-15-26)35(42)43)24-32(47-48(7,8)38(4,5)6)29-18-20-31(34-30(29)19-21-33(41)39-34)45-25-27-12-10-9-11-13-27/h9-21,32H,22-25H2,1-8H3,(H,39,41)(H,42,43). The van der Waals surface area contributed by atoms with Crippen LogP contribution in [0.25, 0.3) is 10.9 Å². The number of hydrogen-bond donors (Lipinski definition) is 2. The van der Waals surface area contributed by atoms with Crippen molar-refractivity contribution in [2.45, 2.75) is 84.4 Å². The smallest absolute Gasteiger partial charge is 0.410 e. The quantitative estimate of drug-likeness (QED) is 0.145. The molecule has 1 aromatic heterocycles. The molecule has 10 heteroatoms. The summed E-state index contributed by atoms with van der Waals surface area (Å²) < 4.78 is 19.2. The number of hydrogen-bond acceptors (Lipinski definition) is 6. The van der Waals surface area contributed by atoms with Crippen molar-refractivity contribution in [3.63, 3.8) is 0 Å². The molecular formula is C38H48N2O7Si. The average molecular weight is 673 g/mol. The first kappa shape index (κ1) is 36.4. The highest BCUT2D eigenvalue weighted by molar-refractivity contribution is 6.74. The van der Waals surface area contributed by atoms with E-state index >= 15 is 0 Å². The summed E-state index contributed by atoms with van der Waals surface area (Å²) in [5.74, 6) is -0.456. The van der Waals surface area contributed by atoms with Crippen LogP contribution in [0.3, 0.4) is 0 Å². The normalized spacial score (nSPS) is 12.8. The van der Waals surface area contributed by atoms with E-state index in [-0.39, 0.29) is 22.7 Å². The van der Waals surface area contributed by atoms with E-state index in [4.69, 9.17) is 13.9 Å². The largest absolute Gasteiger partial charge is 0.487 e. The Balaban J connectivity index is 1.75. The van der Waals surface area contributed by atoms with E-state index in [1.54, 1.807) is 35.2 Å². The predicted octanol–water partition coefficient (Wildman–Crippen LogP) is 8.35. The van der Waals surface area contributed by atoms with E-state index in [1.807, 2.05) is 63.2 Å². The van der Waals surface area contributed by atoms with Crippen molar-refractivity contribution in [3.05, 3.63) is 111 Å². The highest BCUT2D eigenvalue weighted by Crippen LogP contribution is 2.42. The SMILES string of the molecule is CC(C)(C)OC(=O)N(CCc1ccc(C(=O)O)cc1)CC(O[Si](C)(C)C(C)(C)C)c1ccc(OCc2ccccc2)c2[nH]c(=O)ccc12. The zero-order valence-corrected chi connectivity index (χ0v) is 30.3. The van der Waals surface area contributed by atoms with Gasteiger partial charge in [-0.15, -0.1) is 0 Å². The molecule has 4 aromatic rings. The van der Waals surface area contributed by atoms with Gasteiger partial charge in [-0.05, 0) is 86.3 Å². The van der Waals surface area contributed by atoms with E-state index in [0.717, 1.165) is 22.1 Å². The lowest BCUT2D eigenvalue weighted by Crippen LogP contribution is -2.46. The molecule has 9 nitrogen and oxygen atoms in total. The van der Waals surface area contributed by atoms with E-state index in [2.05, 4.69) is 38.8 Å². The molecule has 0 radical (unpaired) electrons. The van der Waals surface area contributed by atoms with Crippen LogP contribution in [0.4, 0.5) is 4.79 Å². The lowest BCUT2D eigenvalue weighted by molar-refractivity contribution is 0.0159. The van der Waals surface area contributed by atoms with Crippen molar-refractivity contribution in [2.24, 2.45) is 0 Å². The number of carboxylic acid groups (broad SMARTS) is 1. The zero-order valence-electron chi connectivity index (χ0n) is 29.3. The van der Waals surface area contributed by atoms with E-state index in [0.29, 0.717) is 30.8 Å². The van der Waals surface area contributed by atoms with Gasteiger partial charge in [0.15, 0.2) is 8.32 Å². The minimum absolute atomic E-state index is 0.128. The third-order valence-corrected chi connectivity index (χ3v) is 13.1. The molecule has 48 heavy (non-hydrogen) atoms. The number of nitrogens with zero attached hydrogens (tertiary/aromatic N) is 1. The number of ether oxygens (including phenoxy) is 2. The lowest BCUT2D eigenvalue weighted by Gasteiger charge is -2.41. The summed E-state index contributed by atoms with van der Waals surface area (Å²) in [6.07, 6.45) is -0.565. The Bertz CT molecular complexity index is 1770. The van der Waals surface area contributed by atoms with Crippen molar-refractivity contribution in [3.8, 4) is 5.75 Å². The molecule has 0 spiro atoms. The number of aromatic carboxylic acids is 1.